The van der Waals surface area contributed by atoms with Gasteiger partial charge in [-0.25, -0.2) is 22.0 Å². The lowest BCUT2D eigenvalue weighted by molar-refractivity contribution is 0.554. The van der Waals surface area contributed by atoms with Gasteiger partial charge in [0, 0.05) is 6.54 Å². The topological polar surface area (TPSA) is 97.3 Å². The molecule has 210 valence electrons. The van der Waals surface area contributed by atoms with Gasteiger partial charge in [0.05, 0.1) is 15.8 Å². The third-order valence-corrected chi connectivity index (χ3v) is 9.14. The predicted octanol–water partition coefficient (Wildman–Crippen LogP) is 6.33. The molecule has 0 aliphatic carbocycles. The summed E-state index contributed by atoms with van der Waals surface area (Å²) in [5.41, 5.74) is 6.79. The zero-order chi connectivity index (χ0) is 29.5. The van der Waals surface area contributed by atoms with Crippen LogP contribution in [0.25, 0.3) is 6.08 Å². The molecule has 2 N–H and O–H groups in total. The van der Waals surface area contributed by atoms with Crippen molar-refractivity contribution >= 4 is 26.1 Å². The van der Waals surface area contributed by atoms with Crippen molar-refractivity contribution in [2.45, 2.75) is 43.5 Å². The minimum atomic E-state index is -3.52. The maximum Gasteiger partial charge on any atom is 0.243 e. The zero-order valence-electron chi connectivity index (χ0n) is 23.3. The van der Waals surface area contributed by atoms with Gasteiger partial charge in [0.25, 0.3) is 0 Å². The molecule has 0 aromatic heterocycles. The fourth-order valence-corrected chi connectivity index (χ4v) is 5.79. The first-order valence-corrected chi connectivity index (χ1v) is 15.7. The van der Waals surface area contributed by atoms with Crippen LogP contribution in [0.1, 0.15) is 39.4 Å². The lowest BCUT2D eigenvalue weighted by Gasteiger charge is -2.07. The van der Waals surface area contributed by atoms with Crippen molar-refractivity contribution in [1.82, 2.24) is 4.31 Å². The number of hydrogen-bond acceptors (Lipinski definition) is 4. The smallest absolute Gasteiger partial charge is 0.225 e. The first-order valence-electron chi connectivity index (χ1n) is 12.7. The second-order valence-corrected chi connectivity index (χ2v) is 13.2. The van der Waals surface area contributed by atoms with Crippen LogP contribution in [0.3, 0.4) is 0 Å². The summed E-state index contributed by atoms with van der Waals surface area (Å²) in [6.45, 7) is 12.2. The standard InChI is InChI=1S/C16H17NO2S.C9H10.C7H9NO2S/c1-12-3-7-14(8-4-12)16-11-17(16)20(18,19)15-9-5-13(2)6-10-15;1-3-9-6-4-8(2)5-7-9;1-6-2-4-7(5-3-6)11(8,9)10/h3-10,16H,11H2,1-2H3;3-7H,1H2,2H3;2-5H,1H3,(H2,8,9,10). The number of nitrogens with two attached hydrogens (primary N) is 1. The van der Waals surface area contributed by atoms with E-state index in [1.54, 1.807) is 28.6 Å². The van der Waals surface area contributed by atoms with E-state index in [-0.39, 0.29) is 10.9 Å². The maximum absolute atomic E-state index is 12.5. The molecule has 0 radical (unpaired) electrons. The van der Waals surface area contributed by atoms with Gasteiger partial charge in [0.2, 0.25) is 20.0 Å². The van der Waals surface area contributed by atoms with Crippen molar-refractivity contribution in [3.63, 3.8) is 0 Å². The van der Waals surface area contributed by atoms with Crippen LogP contribution in [-0.2, 0) is 20.0 Å². The molecule has 2 atom stereocenters. The monoisotopic (exact) mass is 576 g/mol. The minimum Gasteiger partial charge on any atom is -0.225 e. The van der Waals surface area contributed by atoms with Crippen LogP contribution < -0.4 is 5.14 Å². The van der Waals surface area contributed by atoms with Crippen molar-refractivity contribution in [1.29, 1.82) is 0 Å². The molecule has 4 aromatic rings. The van der Waals surface area contributed by atoms with Gasteiger partial charge < -0.3 is 0 Å². The zero-order valence-corrected chi connectivity index (χ0v) is 24.9. The number of nitrogens with zero attached hydrogens (tertiary/aromatic N) is 1. The number of primary sulfonamides is 1. The lowest BCUT2D eigenvalue weighted by atomic mass is 10.1. The summed E-state index contributed by atoms with van der Waals surface area (Å²) < 4.78 is 48.0. The van der Waals surface area contributed by atoms with Crippen molar-refractivity contribution in [3.05, 3.63) is 137 Å². The van der Waals surface area contributed by atoms with E-state index in [1.807, 2.05) is 63.2 Å². The molecule has 0 saturated carbocycles. The quantitative estimate of drug-likeness (QED) is 0.281. The fourth-order valence-electron chi connectivity index (χ4n) is 3.73. The third-order valence-electron chi connectivity index (χ3n) is 6.32. The summed E-state index contributed by atoms with van der Waals surface area (Å²) in [6, 6.07) is 29.7. The highest BCUT2D eigenvalue weighted by Gasteiger charge is 2.45. The van der Waals surface area contributed by atoms with Gasteiger partial charge in [-0.3, -0.25) is 0 Å². The van der Waals surface area contributed by atoms with Crippen molar-refractivity contribution < 1.29 is 16.8 Å². The normalized spacial score (nSPS) is 16.0. The average Bonchev–Trinajstić information content (AvgIpc) is 3.72. The summed E-state index contributed by atoms with van der Waals surface area (Å²) in [4.78, 5) is 0.529. The van der Waals surface area contributed by atoms with Crippen LogP contribution >= 0.6 is 0 Å². The molecule has 5 rings (SSSR count). The van der Waals surface area contributed by atoms with Gasteiger partial charge in [-0.1, -0.05) is 108 Å². The molecule has 1 aliphatic heterocycles. The molecule has 0 spiro atoms. The molecule has 6 nitrogen and oxygen atoms in total. The van der Waals surface area contributed by atoms with Crippen molar-refractivity contribution in [3.8, 4) is 0 Å². The third kappa shape index (κ3) is 8.72. The number of hydrogen-bond donors (Lipinski definition) is 1. The second kappa shape index (κ2) is 13.2. The Morgan fingerprint density at radius 1 is 0.650 bits per heavy atom. The Balaban J connectivity index is 0.000000186. The Morgan fingerprint density at radius 2 is 1.02 bits per heavy atom. The summed E-state index contributed by atoms with van der Waals surface area (Å²) in [5.74, 6) is 0. The van der Waals surface area contributed by atoms with Gasteiger partial charge in [0.15, 0.2) is 0 Å². The Bertz CT molecular complexity index is 1630. The molecule has 1 saturated heterocycles. The minimum absolute atomic E-state index is 0.0121. The summed E-state index contributed by atoms with van der Waals surface area (Å²) in [6.07, 6.45) is 1.85. The van der Waals surface area contributed by atoms with E-state index in [1.165, 1.54) is 28.8 Å². The van der Waals surface area contributed by atoms with Crippen LogP contribution in [0.2, 0.25) is 0 Å². The van der Waals surface area contributed by atoms with Gasteiger partial charge in [0.1, 0.15) is 0 Å². The van der Waals surface area contributed by atoms with E-state index in [2.05, 4.69) is 37.8 Å². The average molecular weight is 577 g/mol. The number of aryl methyl sites for hydroxylation is 4. The molecule has 1 heterocycles. The van der Waals surface area contributed by atoms with E-state index >= 15 is 0 Å². The van der Waals surface area contributed by atoms with E-state index in [0.717, 1.165) is 16.7 Å². The molecule has 1 aliphatic rings. The molecule has 0 bridgehead atoms. The van der Waals surface area contributed by atoms with Gasteiger partial charge in [-0.15, -0.1) is 0 Å². The molecule has 4 aromatic carbocycles. The summed E-state index contributed by atoms with van der Waals surface area (Å²) in [7, 11) is -6.88. The Kier molecular flexibility index (Phi) is 10.2. The molecule has 40 heavy (non-hydrogen) atoms. The highest BCUT2D eigenvalue weighted by atomic mass is 32.2. The molecule has 0 amide bonds. The number of rotatable bonds is 5. The Labute approximate surface area is 238 Å². The van der Waals surface area contributed by atoms with E-state index in [4.69, 9.17) is 5.14 Å². The Morgan fingerprint density at radius 3 is 1.43 bits per heavy atom. The van der Waals surface area contributed by atoms with Crippen molar-refractivity contribution in [2.24, 2.45) is 5.14 Å². The second-order valence-electron chi connectivity index (χ2n) is 9.79. The molecule has 2 unspecified atom stereocenters. The number of benzene rings is 4. The van der Waals surface area contributed by atoms with Crippen molar-refractivity contribution in [2.75, 3.05) is 6.54 Å². The van der Waals surface area contributed by atoms with Gasteiger partial charge in [-0.05, 0) is 63.1 Å². The summed E-state index contributed by atoms with van der Waals surface area (Å²) in [5, 5.41) is 4.88. The van der Waals surface area contributed by atoms with E-state index in [0.29, 0.717) is 11.4 Å². The van der Waals surface area contributed by atoms with E-state index in [9.17, 15) is 16.8 Å². The molecule has 8 heteroatoms. The van der Waals surface area contributed by atoms with Gasteiger partial charge in [-0.2, -0.15) is 4.31 Å². The predicted molar refractivity (Wildman–Crippen MR) is 163 cm³/mol. The van der Waals surface area contributed by atoms with Crippen LogP contribution in [0.4, 0.5) is 0 Å². The lowest BCUT2D eigenvalue weighted by Crippen LogP contribution is -2.12. The fraction of sp³-hybridized carbons (Fsp3) is 0.188. The van der Waals surface area contributed by atoms with E-state index < -0.39 is 20.0 Å². The molecular formula is C32H36N2O4S2. The van der Waals surface area contributed by atoms with Crippen LogP contribution in [-0.4, -0.2) is 27.7 Å². The van der Waals surface area contributed by atoms with Crippen LogP contribution in [0.15, 0.2) is 113 Å². The first-order chi connectivity index (χ1) is 18.8. The van der Waals surface area contributed by atoms with Crippen LogP contribution in [0, 0.1) is 27.7 Å². The summed E-state index contributed by atoms with van der Waals surface area (Å²) >= 11 is 0. The molecule has 1 fully saturated rings. The Hall–Kier alpha value is -3.56. The highest BCUT2D eigenvalue weighted by Crippen LogP contribution is 2.40. The van der Waals surface area contributed by atoms with Crippen LogP contribution in [0.5, 0.6) is 0 Å². The molecular weight excluding hydrogens is 540 g/mol. The SMILES string of the molecule is C=Cc1ccc(C)cc1.Cc1ccc(C2CN2S(=O)(=O)c2ccc(C)cc2)cc1.Cc1ccc(S(N)(=O)=O)cc1. The largest absolute Gasteiger partial charge is 0.243 e. The highest BCUT2D eigenvalue weighted by molar-refractivity contribution is 7.89. The number of sulfonamides is 2. The maximum atomic E-state index is 12.5. The first kappa shape index (κ1) is 31.0. The van der Waals surface area contributed by atoms with Gasteiger partial charge >= 0.3 is 0 Å².